The number of carbonyl (C=O) groups excluding carboxylic acids is 2. The summed E-state index contributed by atoms with van der Waals surface area (Å²) in [5.74, 6) is 0.607. The number of Topliss-reactive ketones (excluding diaryl/α,β-unsaturated/α-hetero) is 1. The Labute approximate surface area is 163 Å². The maximum Gasteiger partial charge on any atom is 0.221 e. The minimum atomic E-state index is -0.348. The molecule has 0 radical (unpaired) electrons. The molecule has 3 rings (SSSR count). The molecule has 1 atom stereocenters. The van der Waals surface area contributed by atoms with E-state index in [1.54, 1.807) is 17.5 Å². The Hall–Kier alpha value is -2.73. The Morgan fingerprint density at radius 2 is 1.93 bits per heavy atom. The van der Waals surface area contributed by atoms with Gasteiger partial charge in [-0.05, 0) is 25.5 Å². The molecule has 0 aliphatic heterocycles. The van der Waals surface area contributed by atoms with Crippen molar-refractivity contribution in [2.24, 2.45) is 7.05 Å². The lowest BCUT2D eigenvalue weighted by atomic mass is 10.0. The standard InChI is InChI=1S/C21H23N3O2S/c1-14-13-17(15(2)27-14)18(25)9-10-19(26)23-20(16-7-5-4-6-8-16)21-22-11-12-24(21)3/h4-8,11-13,20H,9-10H2,1-3H3,(H,23,26)/t20-/m1/s1. The van der Waals surface area contributed by atoms with Crippen molar-refractivity contribution in [3.8, 4) is 0 Å². The van der Waals surface area contributed by atoms with Crippen LogP contribution >= 0.6 is 11.3 Å². The van der Waals surface area contributed by atoms with Gasteiger partial charge in [-0.25, -0.2) is 4.98 Å². The number of imidazole rings is 1. The Bertz CT molecular complexity index is 944. The second-order valence-electron chi connectivity index (χ2n) is 6.56. The van der Waals surface area contributed by atoms with Crippen LogP contribution in [0.25, 0.3) is 0 Å². The first-order chi connectivity index (χ1) is 13.0. The van der Waals surface area contributed by atoms with E-state index in [0.717, 1.165) is 26.7 Å². The van der Waals surface area contributed by atoms with E-state index < -0.39 is 0 Å². The largest absolute Gasteiger partial charge is 0.342 e. The number of benzene rings is 1. The number of nitrogens with zero attached hydrogens (tertiary/aromatic N) is 2. The Morgan fingerprint density at radius 1 is 1.19 bits per heavy atom. The first-order valence-electron chi connectivity index (χ1n) is 8.87. The maximum atomic E-state index is 12.6. The van der Waals surface area contributed by atoms with Gasteiger partial charge in [-0.2, -0.15) is 0 Å². The van der Waals surface area contributed by atoms with Crippen molar-refractivity contribution in [3.05, 3.63) is 75.5 Å². The second-order valence-corrected chi connectivity index (χ2v) is 8.02. The van der Waals surface area contributed by atoms with E-state index >= 15 is 0 Å². The van der Waals surface area contributed by atoms with E-state index in [1.807, 2.05) is 68.1 Å². The smallest absolute Gasteiger partial charge is 0.221 e. The first-order valence-corrected chi connectivity index (χ1v) is 9.69. The predicted molar refractivity (Wildman–Crippen MR) is 107 cm³/mol. The van der Waals surface area contributed by atoms with Crippen molar-refractivity contribution in [3.63, 3.8) is 0 Å². The highest BCUT2D eigenvalue weighted by atomic mass is 32.1. The van der Waals surface area contributed by atoms with Gasteiger partial charge in [0.25, 0.3) is 0 Å². The van der Waals surface area contributed by atoms with Crippen molar-refractivity contribution in [1.82, 2.24) is 14.9 Å². The highest BCUT2D eigenvalue weighted by Gasteiger charge is 2.21. The summed E-state index contributed by atoms with van der Waals surface area (Å²) in [5.41, 5.74) is 1.68. The summed E-state index contributed by atoms with van der Waals surface area (Å²) in [7, 11) is 1.90. The molecule has 27 heavy (non-hydrogen) atoms. The molecule has 2 aromatic heterocycles. The van der Waals surface area contributed by atoms with Gasteiger partial charge in [-0.1, -0.05) is 30.3 Å². The number of aryl methyl sites for hydroxylation is 3. The zero-order valence-corrected chi connectivity index (χ0v) is 16.5. The van der Waals surface area contributed by atoms with Gasteiger partial charge in [0.15, 0.2) is 5.78 Å². The maximum absolute atomic E-state index is 12.6. The van der Waals surface area contributed by atoms with Crippen molar-refractivity contribution >= 4 is 23.0 Å². The number of hydrogen-bond acceptors (Lipinski definition) is 4. The molecule has 0 spiro atoms. The lowest BCUT2D eigenvalue weighted by molar-refractivity contribution is -0.121. The van der Waals surface area contributed by atoms with Crippen LogP contribution in [0, 0.1) is 13.8 Å². The van der Waals surface area contributed by atoms with Crippen molar-refractivity contribution in [1.29, 1.82) is 0 Å². The fraction of sp³-hybridized carbons (Fsp3) is 0.286. The molecule has 1 N–H and O–H groups in total. The average Bonchev–Trinajstić information content (AvgIpc) is 3.23. The summed E-state index contributed by atoms with van der Waals surface area (Å²) in [6.45, 7) is 3.93. The molecule has 0 unspecified atom stereocenters. The SMILES string of the molecule is Cc1cc(C(=O)CCC(=O)N[C@H](c2ccccc2)c2nccn2C)c(C)s1. The molecular formula is C21H23N3O2S. The lowest BCUT2D eigenvalue weighted by Crippen LogP contribution is -2.31. The Balaban J connectivity index is 1.69. The van der Waals surface area contributed by atoms with Gasteiger partial charge in [0.2, 0.25) is 5.91 Å². The van der Waals surface area contributed by atoms with Crippen LogP contribution in [0.5, 0.6) is 0 Å². The molecule has 0 aliphatic carbocycles. The van der Waals surface area contributed by atoms with E-state index in [4.69, 9.17) is 0 Å². The monoisotopic (exact) mass is 381 g/mol. The highest BCUT2D eigenvalue weighted by Crippen LogP contribution is 2.23. The fourth-order valence-electron chi connectivity index (χ4n) is 3.10. The average molecular weight is 382 g/mol. The highest BCUT2D eigenvalue weighted by molar-refractivity contribution is 7.12. The molecule has 2 heterocycles. The van der Waals surface area contributed by atoms with Crippen LogP contribution in [0.15, 0.2) is 48.8 Å². The summed E-state index contributed by atoms with van der Waals surface area (Å²) in [4.78, 5) is 31.5. The number of rotatable bonds is 7. The molecule has 0 saturated carbocycles. The number of hydrogen-bond donors (Lipinski definition) is 1. The summed E-state index contributed by atoms with van der Waals surface area (Å²) >= 11 is 1.61. The third-order valence-electron chi connectivity index (χ3n) is 4.48. The fourth-order valence-corrected chi connectivity index (χ4v) is 4.04. The van der Waals surface area contributed by atoms with E-state index in [1.165, 1.54) is 0 Å². The normalized spacial score (nSPS) is 12.0. The zero-order chi connectivity index (χ0) is 19.4. The number of carbonyl (C=O) groups is 2. The van der Waals surface area contributed by atoms with Gasteiger partial charge >= 0.3 is 0 Å². The summed E-state index contributed by atoms with van der Waals surface area (Å²) in [6, 6.07) is 11.3. The van der Waals surface area contributed by atoms with Crippen LogP contribution in [0.2, 0.25) is 0 Å². The molecule has 0 fully saturated rings. The van der Waals surface area contributed by atoms with Crippen molar-refractivity contribution in [2.75, 3.05) is 0 Å². The third kappa shape index (κ3) is 4.52. The number of aromatic nitrogens is 2. The van der Waals surface area contributed by atoms with E-state index in [0.29, 0.717) is 0 Å². The van der Waals surface area contributed by atoms with Crippen LogP contribution in [0.3, 0.4) is 0 Å². The van der Waals surface area contributed by atoms with Gasteiger partial charge in [-0.3, -0.25) is 9.59 Å². The minimum Gasteiger partial charge on any atom is -0.342 e. The van der Waals surface area contributed by atoms with Gasteiger partial charge < -0.3 is 9.88 Å². The second kappa shape index (κ2) is 8.31. The molecule has 6 heteroatoms. The van der Waals surface area contributed by atoms with Crippen LogP contribution in [0.1, 0.15) is 50.4 Å². The number of nitrogens with one attached hydrogen (secondary N) is 1. The summed E-state index contributed by atoms with van der Waals surface area (Å²) in [6.07, 6.45) is 3.91. The molecule has 0 bridgehead atoms. The van der Waals surface area contributed by atoms with Crippen LogP contribution in [0.4, 0.5) is 0 Å². The van der Waals surface area contributed by atoms with Crippen LogP contribution in [-0.2, 0) is 11.8 Å². The molecule has 5 nitrogen and oxygen atoms in total. The van der Waals surface area contributed by atoms with E-state index in [9.17, 15) is 9.59 Å². The van der Waals surface area contributed by atoms with Gasteiger partial charge in [-0.15, -0.1) is 11.3 Å². The molecule has 1 amide bonds. The Kier molecular flexibility index (Phi) is 5.86. The third-order valence-corrected chi connectivity index (χ3v) is 5.44. The van der Waals surface area contributed by atoms with Gasteiger partial charge in [0.1, 0.15) is 11.9 Å². The number of amides is 1. The lowest BCUT2D eigenvalue weighted by Gasteiger charge is -2.19. The molecule has 3 aromatic rings. The molecule has 0 aliphatic rings. The van der Waals surface area contributed by atoms with E-state index in [2.05, 4.69) is 10.3 Å². The van der Waals surface area contributed by atoms with Crippen LogP contribution in [-0.4, -0.2) is 21.2 Å². The van der Waals surface area contributed by atoms with Gasteiger partial charge in [0.05, 0.1) is 0 Å². The molecular weight excluding hydrogens is 358 g/mol. The molecule has 140 valence electrons. The first kappa shape index (κ1) is 19.0. The predicted octanol–water partition coefficient (Wildman–Crippen LogP) is 3.97. The number of thiophene rings is 1. The van der Waals surface area contributed by atoms with Crippen molar-refractivity contribution < 1.29 is 9.59 Å². The van der Waals surface area contributed by atoms with Gasteiger partial charge in [0, 0.05) is 47.6 Å². The minimum absolute atomic E-state index is 0.0141. The zero-order valence-electron chi connectivity index (χ0n) is 15.7. The molecule has 0 saturated heterocycles. The quantitative estimate of drug-likeness (QED) is 0.630. The summed E-state index contributed by atoms with van der Waals surface area (Å²) in [5, 5.41) is 3.03. The van der Waals surface area contributed by atoms with Crippen molar-refractivity contribution in [2.45, 2.75) is 32.7 Å². The Morgan fingerprint density at radius 3 is 2.52 bits per heavy atom. The summed E-state index contributed by atoms with van der Waals surface area (Å²) < 4.78 is 1.89. The van der Waals surface area contributed by atoms with E-state index in [-0.39, 0.29) is 30.6 Å². The van der Waals surface area contributed by atoms with Crippen LogP contribution < -0.4 is 5.32 Å². The topological polar surface area (TPSA) is 64.0 Å². The molecule has 1 aromatic carbocycles. The number of ketones is 1.